The molecule has 2 heterocycles. The van der Waals surface area contributed by atoms with Gasteiger partial charge in [0.15, 0.2) is 5.82 Å². The van der Waals surface area contributed by atoms with Crippen molar-refractivity contribution in [1.29, 1.82) is 0 Å². The van der Waals surface area contributed by atoms with Gasteiger partial charge in [0, 0.05) is 23.0 Å². The van der Waals surface area contributed by atoms with Crippen LogP contribution in [0, 0.1) is 0 Å². The molecule has 2 saturated carbocycles. The standard InChI is InChI=1S/C19H17N5O2/c25-18(22-15-9-20-16(21-10-15)11-1-2-11)13-5-7-14(8-6-13)19-23-17(24-26-19)12-3-4-12/h5-12H,1-4H2,(H,22,25). The first-order valence-corrected chi connectivity index (χ1v) is 8.83. The summed E-state index contributed by atoms with van der Waals surface area (Å²) < 4.78 is 5.31. The number of benzene rings is 1. The van der Waals surface area contributed by atoms with Crippen LogP contribution in [0.2, 0.25) is 0 Å². The smallest absolute Gasteiger partial charge is 0.257 e. The van der Waals surface area contributed by atoms with Gasteiger partial charge in [-0.3, -0.25) is 4.79 Å². The molecule has 2 aromatic heterocycles. The van der Waals surface area contributed by atoms with Gasteiger partial charge in [0.1, 0.15) is 5.82 Å². The van der Waals surface area contributed by atoms with E-state index in [1.54, 1.807) is 24.5 Å². The molecule has 0 radical (unpaired) electrons. The van der Waals surface area contributed by atoms with Gasteiger partial charge in [-0.05, 0) is 49.9 Å². The number of anilines is 1. The van der Waals surface area contributed by atoms with Crippen molar-refractivity contribution in [2.24, 2.45) is 0 Å². The molecule has 0 bridgehead atoms. The highest BCUT2D eigenvalue weighted by atomic mass is 16.5. The van der Waals surface area contributed by atoms with E-state index in [4.69, 9.17) is 4.52 Å². The molecule has 26 heavy (non-hydrogen) atoms. The molecule has 7 heteroatoms. The number of hydrogen-bond donors (Lipinski definition) is 1. The lowest BCUT2D eigenvalue weighted by atomic mass is 10.1. The van der Waals surface area contributed by atoms with E-state index in [2.05, 4.69) is 25.4 Å². The Kier molecular flexibility index (Phi) is 3.51. The fourth-order valence-corrected chi connectivity index (χ4v) is 2.78. The molecule has 2 aliphatic carbocycles. The van der Waals surface area contributed by atoms with Crippen LogP contribution in [-0.2, 0) is 0 Å². The Morgan fingerprint density at radius 2 is 1.62 bits per heavy atom. The largest absolute Gasteiger partial charge is 0.334 e. The Morgan fingerprint density at radius 3 is 2.27 bits per heavy atom. The number of nitrogens with one attached hydrogen (secondary N) is 1. The van der Waals surface area contributed by atoms with E-state index < -0.39 is 0 Å². The average Bonchev–Trinajstić information content (AvgIpc) is 3.61. The number of rotatable bonds is 5. The minimum atomic E-state index is -0.205. The van der Waals surface area contributed by atoms with E-state index in [9.17, 15) is 4.79 Å². The summed E-state index contributed by atoms with van der Waals surface area (Å²) in [7, 11) is 0. The number of aromatic nitrogens is 4. The third-order valence-electron chi connectivity index (χ3n) is 4.65. The van der Waals surface area contributed by atoms with E-state index in [-0.39, 0.29) is 5.91 Å². The molecular formula is C19H17N5O2. The van der Waals surface area contributed by atoms with Crippen molar-refractivity contribution in [3.05, 3.63) is 53.9 Å². The zero-order chi connectivity index (χ0) is 17.5. The molecule has 5 rings (SSSR count). The third-order valence-corrected chi connectivity index (χ3v) is 4.65. The third kappa shape index (κ3) is 3.08. The minimum absolute atomic E-state index is 0.205. The van der Waals surface area contributed by atoms with Crippen molar-refractivity contribution < 1.29 is 9.32 Å². The summed E-state index contributed by atoms with van der Waals surface area (Å²) in [5.74, 6) is 2.86. The number of amides is 1. The first-order valence-electron chi connectivity index (χ1n) is 8.83. The molecule has 2 fully saturated rings. The molecule has 1 aromatic carbocycles. The average molecular weight is 347 g/mol. The molecular weight excluding hydrogens is 330 g/mol. The summed E-state index contributed by atoms with van der Waals surface area (Å²) in [4.78, 5) is 25.4. The quantitative estimate of drug-likeness (QED) is 0.759. The van der Waals surface area contributed by atoms with Crippen LogP contribution in [0.5, 0.6) is 0 Å². The Balaban J connectivity index is 1.27. The number of hydrogen-bond acceptors (Lipinski definition) is 6. The van der Waals surface area contributed by atoms with Gasteiger partial charge < -0.3 is 9.84 Å². The van der Waals surface area contributed by atoms with E-state index in [1.807, 2.05) is 12.1 Å². The van der Waals surface area contributed by atoms with Crippen LogP contribution < -0.4 is 5.32 Å². The van der Waals surface area contributed by atoms with Gasteiger partial charge >= 0.3 is 0 Å². The molecule has 130 valence electrons. The second kappa shape index (κ2) is 6.01. The second-order valence-electron chi connectivity index (χ2n) is 6.87. The number of carbonyl (C=O) groups excluding carboxylic acids is 1. The van der Waals surface area contributed by atoms with Crippen molar-refractivity contribution in [1.82, 2.24) is 20.1 Å². The summed E-state index contributed by atoms with van der Waals surface area (Å²) in [6, 6.07) is 7.10. The first-order chi connectivity index (χ1) is 12.8. The molecule has 7 nitrogen and oxygen atoms in total. The van der Waals surface area contributed by atoms with Crippen LogP contribution in [0.1, 0.15) is 59.5 Å². The fraction of sp³-hybridized carbons (Fsp3) is 0.316. The number of nitrogens with zero attached hydrogens (tertiary/aromatic N) is 4. The molecule has 0 saturated heterocycles. The molecule has 3 aromatic rings. The van der Waals surface area contributed by atoms with Crippen LogP contribution in [0.25, 0.3) is 11.5 Å². The lowest BCUT2D eigenvalue weighted by molar-refractivity contribution is 0.102. The predicted octanol–water partition coefficient (Wildman–Crippen LogP) is 3.53. The van der Waals surface area contributed by atoms with Gasteiger partial charge in [0.2, 0.25) is 0 Å². The van der Waals surface area contributed by atoms with Gasteiger partial charge in [-0.2, -0.15) is 4.98 Å². The van der Waals surface area contributed by atoms with Crippen LogP contribution >= 0.6 is 0 Å². The molecule has 0 atom stereocenters. The van der Waals surface area contributed by atoms with Gasteiger partial charge in [0.25, 0.3) is 11.8 Å². The summed E-state index contributed by atoms with van der Waals surface area (Å²) >= 11 is 0. The van der Waals surface area contributed by atoms with Gasteiger partial charge in [0.05, 0.1) is 18.1 Å². The van der Waals surface area contributed by atoms with Crippen molar-refractivity contribution in [3.8, 4) is 11.5 Å². The maximum atomic E-state index is 12.4. The molecule has 1 N–H and O–H groups in total. The number of carbonyl (C=O) groups is 1. The highest BCUT2D eigenvalue weighted by molar-refractivity contribution is 6.04. The predicted molar refractivity (Wildman–Crippen MR) is 93.7 cm³/mol. The minimum Gasteiger partial charge on any atom is -0.334 e. The van der Waals surface area contributed by atoms with Crippen molar-refractivity contribution in [2.75, 3.05) is 5.32 Å². The zero-order valence-corrected chi connectivity index (χ0v) is 14.1. The summed E-state index contributed by atoms with van der Waals surface area (Å²) in [6.45, 7) is 0. The highest BCUT2D eigenvalue weighted by Crippen LogP contribution is 2.39. The van der Waals surface area contributed by atoms with Gasteiger partial charge in [-0.1, -0.05) is 5.16 Å². The zero-order valence-electron chi connectivity index (χ0n) is 14.1. The lowest BCUT2D eigenvalue weighted by Crippen LogP contribution is -2.12. The molecule has 0 unspecified atom stereocenters. The SMILES string of the molecule is O=C(Nc1cnc(C2CC2)nc1)c1ccc(-c2nc(C3CC3)no2)cc1. The van der Waals surface area contributed by atoms with E-state index in [0.717, 1.165) is 42.9 Å². The summed E-state index contributed by atoms with van der Waals surface area (Å²) in [6.07, 6.45) is 7.88. The monoisotopic (exact) mass is 347 g/mol. The van der Waals surface area contributed by atoms with Gasteiger partial charge in [-0.15, -0.1) is 0 Å². The van der Waals surface area contributed by atoms with E-state index >= 15 is 0 Å². The Hall–Kier alpha value is -3.09. The molecule has 0 spiro atoms. The van der Waals surface area contributed by atoms with Crippen LogP contribution in [0.4, 0.5) is 5.69 Å². The maximum absolute atomic E-state index is 12.4. The lowest BCUT2D eigenvalue weighted by Gasteiger charge is -2.05. The van der Waals surface area contributed by atoms with E-state index in [0.29, 0.717) is 29.0 Å². The maximum Gasteiger partial charge on any atom is 0.257 e. The summed E-state index contributed by atoms with van der Waals surface area (Å²) in [5.41, 5.74) is 1.94. The van der Waals surface area contributed by atoms with Crippen LogP contribution in [0.3, 0.4) is 0 Å². The van der Waals surface area contributed by atoms with E-state index in [1.165, 1.54) is 0 Å². The van der Waals surface area contributed by atoms with Crippen molar-refractivity contribution in [2.45, 2.75) is 37.5 Å². The Morgan fingerprint density at radius 1 is 0.962 bits per heavy atom. The summed E-state index contributed by atoms with van der Waals surface area (Å²) in [5, 5.41) is 6.83. The van der Waals surface area contributed by atoms with Gasteiger partial charge in [-0.25, -0.2) is 9.97 Å². The molecule has 1 amide bonds. The van der Waals surface area contributed by atoms with Crippen molar-refractivity contribution in [3.63, 3.8) is 0 Å². The topological polar surface area (TPSA) is 93.8 Å². The highest BCUT2D eigenvalue weighted by Gasteiger charge is 2.29. The molecule has 0 aliphatic heterocycles. The Labute approximate surface area is 149 Å². The fourth-order valence-electron chi connectivity index (χ4n) is 2.78. The van der Waals surface area contributed by atoms with Crippen molar-refractivity contribution >= 4 is 11.6 Å². The normalized spacial score (nSPS) is 16.5. The second-order valence-corrected chi connectivity index (χ2v) is 6.87. The van der Waals surface area contributed by atoms with Crippen LogP contribution in [-0.4, -0.2) is 26.0 Å². The molecule has 2 aliphatic rings. The Bertz CT molecular complexity index is 941. The first kappa shape index (κ1) is 15.2. The van der Waals surface area contributed by atoms with Crippen LogP contribution in [0.15, 0.2) is 41.2 Å².